The predicted octanol–water partition coefficient (Wildman–Crippen LogP) is 11.4. The molecule has 4 saturated carbocycles. The van der Waals surface area contributed by atoms with Crippen molar-refractivity contribution in [3.8, 4) is 0 Å². The molecule has 0 nitrogen and oxygen atoms in total. The van der Waals surface area contributed by atoms with Gasteiger partial charge in [-0.3, -0.25) is 0 Å². The second-order valence-electron chi connectivity index (χ2n) is 15.1. The van der Waals surface area contributed by atoms with E-state index in [1.54, 1.807) is 0 Å². The van der Waals surface area contributed by atoms with Gasteiger partial charge < -0.3 is 0 Å². The third-order valence-electron chi connectivity index (χ3n) is 10.2. The largest absolute Gasteiger partial charge is 0.251 e. The van der Waals surface area contributed by atoms with Gasteiger partial charge in [-0.1, -0.05) is 104 Å². The zero-order valence-electron chi connectivity index (χ0n) is 24.1. The van der Waals surface area contributed by atoms with E-state index in [9.17, 15) is 8.78 Å². The van der Waals surface area contributed by atoms with E-state index in [2.05, 4.69) is 76.2 Å². The maximum absolute atomic E-state index is 12.0. The predicted molar refractivity (Wildman–Crippen MR) is 145 cm³/mol. The van der Waals surface area contributed by atoms with E-state index in [1.807, 2.05) is 13.8 Å². The minimum absolute atomic E-state index is 0. The normalized spacial score (nSPS) is 26.6. The quantitative estimate of drug-likeness (QED) is 0.375. The van der Waals surface area contributed by atoms with Crippen LogP contribution in [0, 0.1) is 44.8 Å². The van der Waals surface area contributed by atoms with Gasteiger partial charge in [0.1, 0.15) is 0 Å². The van der Waals surface area contributed by atoms with Gasteiger partial charge in [-0.2, -0.15) is 0 Å². The van der Waals surface area contributed by atoms with E-state index in [4.69, 9.17) is 0 Å². The first-order chi connectivity index (χ1) is 14.1. The fourth-order valence-corrected chi connectivity index (χ4v) is 4.14. The fraction of sp³-hybridized carbons (Fsp3) is 1.00. The minimum atomic E-state index is -2.31. The molecule has 2 heteroatoms. The highest BCUT2D eigenvalue weighted by molar-refractivity contribution is 4.98. The summed E-state index contributed by atoms with van der Waals surface area (Å²) >= 11 is 0. The number of rotatable bonds is 2. The summed E-state index contributed by atoms with van der Waals surface area (Å²) in [5, 5.41) is 0. The molecule has 0 heterocycles. The summed E-state index contributed by atoms with van der Waals surface area (Å²) < 4.78 is 24.1. The highest BCUT2D eigenvalue weighted by Gasteiger charge is 2.57. The van der Waals surface area contributed by atoms with Crippen molar-refractivity contribution in [1.29, 1.82) is 0 Å². The molecular weight excluding hydrogens is 410 g/mol. The average molecular weight is 473 g/mol. The summed E-state index contributed by atoms with van der Waals surface area (Å²) in [7, 11) is 0. The van der Waals surface area contributed by atoms with Crippen LogP contribution in [-0.2, 0) is 0 Å². The van der Waals surface area contributed by atoms with Gasteiger partial charge in [0.15, 0.2) is 0 Å². The Morgan fingerprint density at radius 2 is 0.970 bits per heavy atom. The molecule has 4 aliphatic carbocycles. The Balaban J connectivity index is 0.000000410. The van der Waals surface area contributed by atoms with Crippen molar-refractivity contribution in [2.24, 2.45) is 44.8 Å². The Hall–Kier alpha value is -0.140. The molecule has 0 saturated heterocycles. The Morgan fingerprint density at radius 3 is 0.970 bits per heavy atom. The second-order valence-corrected chi connectivity index (χ2v) is 15.1. The van der Waals surface area contributed by atoms with Crippen LogP contribution in [0.3, 0.4) is 0 Å². The van der Waals surface area contributed by atoms with Crippen LogP contribution < -0.4 is 0 Å². The molecule has 4 rings (SSSR count). The topological polar surface area (TPSA) is 0 Å². The molecule has 0 aliphatic heterocycles. The van der Waals surface area contributed by atoms with Crippen molar-refractivity contribution in [2.75, 3.05) is 0 Å². The average Bonchev–Trinajstić information content (AvgIpc) is 3.48. The first-order valence-corrected chi connectivity index (χ1v) is 13.5. The SMILES string of the molecule is C.CC(C)(C)C1(C)CC1.CC(C)(C)C1(C)CC1.CC(C)C1(C)CCC1.CC(C)C1CC1(F)F. The summed E-state index contributed by atoms with van der Waals surface area (Å²) in [5.74, 6) is -1.57. The first kappa shape index (κ1) is 32.9. The van der Waals surface area contributed by atoms with Crippen LogP contribution in [-0.4, -0.2) is 5.92 Å². The van der Waals surface area contributed by atoms with Crippen LogP contribution in [0.4, 0.5) is 8.78 Å². The van der Waals surface area contributed by atoms with Crippen LogP contribution >= 0.6 is 0 Å². The molecule has 1 unspecified atom stereocenters. The van der Waals surface area contributed by atoms with E-state index in [0.29, 0.717) is 21.7 Å². The highest BCUT2D eigenvalue weighted by Crippen LogP contribution is 2.58. The molecule has 200 valence electrons. The summed E-state index contributed by atoms with van der Waals surface area (Å²) in [4.78, 5) is 0. The zero-order valence-corrected chi connectivity index (χ0v) is 24.1. The fourth-order valence-electron chi connectivity index (χ4n) is 4.14. The minimum Gasteiger partial charge on any atom is -0.207 e. The first-order valence-electron chi connectivity index (χ1n) is 13.5. The molecule has 0 aromatic rings. The number of alkyl halides is 2. The zero-order chi connectivity index (χ0) is 25.4. The molecule has 0 amide bonds. The van der Waals surface area contributed by atoms with Gasteiger partial charge >= 0.3 is 0 Å². The van der Waals surface area contributed by atoms with Crippen molar-refractivity contribution in [2.45, 2.75) is 155 Å². The van der Waals surface area contributed by atoms with Gasteiger partial charge in [-0.25, -0.2) is 8.78 Å². The van der Waals surface area contributed by atoms with E-state index in [1.165, 1.54) is 44.9 Å². The van der Waals surface area contributed by atoms with Crippen LogP contribution in [0.5, 0.6) is 0 Å². The van der Waals surface area contributed by atoms with Crippen molar-refractivity contribution in [3.05, 3.63) is 0 Å². The molecule has 33 heavy (non-hydrogen) atoms. The number of halogens is 2. The third kappa shape index (κ3) is 9.44. The van der Waals surface area contributed by atoms with Gasteiger partial charge in [-0.15, -0.1) is 0 Å². The summed E-state index contributed by atoms with van der Waals surface area (Å²) in [5.41, 5.74) is 3.19. The lowest BCUT2D eigenvalue weighted by molar-refractivity contribution is 0.0889. The van der Waals surface area contributed by atoms with E-state index < -0.39 is 5.92 Å². The Morgan fingerprint density at radius 1 is 0.667 bits per heavy atom. The molecule has 0 aromatic heterocycles. The van der Waals surface area contributed by atoms with Crippen molar-refractivity contribution < 1.29 is 8.78 Å². The van der Waals surface area contributed by atoms with Gasteiger partial charge in [0, 0.05) is 12.3 Å². The van der Waals surface area contributed by atoms with E-state index in [0.717, 1.165) is 11.3 Å². The maximum Gasteiger partial charge on any atom is 0.251 e. The van der Waals surface area contributed by atoms with Crippen LogP contribution in [0.2, 0.25) is 0 Å². The molecule has 0 radical (unpaired) electrons. The standard InChI is InChI=1S/3C8H16.C6H10F2.CH4/c2*1-7(2,3)8(4)5-6-8;1-7(2)8(3)5-4-6-8;1-4(2)5-3-6(5,7)8;/h2*5-6H2,1-4H3;7H,4-6H2,1-3H3;4-5H,3H2,1-2H3;1H4. The highest BCUT2D eigenvalue weighted by atomic mass is 19.3. The van der Waals surface area contributed by atoms with Gasteiger partial charge in [0.2, 0.25) is 0 Å². The summed E-state index contributed by atoms with van der Waals surface area (Å²) in [6.45, 7) is 29.5. The number of hydrogen-bond donors (Lipinski definition) is 0. The van der Waals surface area contributed by atoms with Gasteiger partial charge in [0.05, 0.1) is 0 Å². The van der Waals surface area contributed by atoms with E-state index >= 15 is 0 Å². The molecule has 0 bridgehead atoms. The molecular formula is C31H62F2. The lowest BCUT2D eigenvalue weighted by Crippen LogP contribution is -2.30. The van der Waals surface area contributed by atoms with E-state index in [-0.39, 0.29) is 25.7 Å². The smallest absolute Gasteiger partial charge is 0.207 e. The third-order valence-corrected chi connectivity index (χ3v) is 10.2. The van der Waals surface area contributed by atoms with Crippen molar-refractivity contribution in [3.63, 3.8) is 0 Å². The molecule has 0 aromatic carbocycles. The number of hydrogen-bond acceptors (Lipinski definition) is 0. The lowest BCUT2D eigenvalue weighted by Gasteiger charge is -2.42. The Kier molecular flexibility index (Phi) is 10.8. The van der Waals surface area contributed by atoms with Crippen LogP contribution in [0.1, 0.15) is 149 Å². The summed E-state index contributed by atoms with van der Waals surface area (Å²) in [6.07, 6.45) is 10.3. The Bertz CT molecular complexity index is 539. The van der Waals surface area contributed by atoms with Crippen LogP contribution in [0.25, 0.3) is 0 Å². The maximum atomic E-state index is 12.0. The molecule has 0 N–H and O–H groups in total. The lowest BCUT2D eigenvalue weighted by atomic mass is 9.64. The van der Waals surface area contributed by atoms with Gasteiger partial charge in [-0.05, 0) is 77.4 Å². The van der Waals surface area contributed by atoms with Crippen LogP contribution in [0.15, 0.2) is 0 Å². The Labute approximate surface area is 208 Å². The summed E-state index contributed by atoms with van der Waals surface area (Å²) in [6, 6.07) is 0. The molecule has 1 atom stereocenters. The molecule has 4 aliphatic rings. The molecule has 0 spiro atoms. The molecule has 4 fully saturated rings. The monoisotopic (exact) mass is 472 g/mol. The second kappa shape index (κ2) is 10.9. The van der Waals surface area contributed by atoms with Gasteiger partial charge in [0.25, 0.3) is 5.92 Å². The van der Waals surface area contributed by atoms with Crippen molar-refractivity contribution in [1.82, 2.24) is 0 Å². The van der Waals surface area contributed by atoms with Crippen molar-refractivity contribution >= 4 is 0 Å².